The van der Waals surface area contributed by atoms with Gasteiger partial charge in [0.05, 0.1) is 13.2 Å². The van der Waals surface area contributed by atoms with Crippen LogP contribution in [0.3, 0.4) is 0 Å². The second-order valence-electron chi connectivity index (χ2n) is 10.4. The lowest BCUT2D eigenvalue weighted by atomic mass is 9.89. The number of benzene rings is 2. The van der Waals surface area contributed by atoms with Crippen LogP contribution in [0.5, 0.6) is 0 Å². The average molecular weight is 496 g/mol. The number of aryl methyl sites for hydroxylation is 1. The molecule has 4 rings (SSSR count). The molecule has 0 N–H and O–H groups in total. The van der Waals surface area contributed by atoms with Crippen molar-refractivity contribution in [2.24, 2.45) is 0 Å². The Morgan fingerprint density at radius 2 is 1.37 bits per heavy atom. The molecule has 2 saturated carbocycles. The lowest BCUT2D eigenvalue weighted by Gasteiger charge is -2.44. The summed E-state index contributed by atoms with van der Waals surface area (Å²) in [7, 11) is 0. The van der Waals surface area contributed by atoms with Crippen LogP contribution in [0.4, 0.5) is 10.5 Å². The van der Waals surface area contributed by atoms with Gasteiger partial charge in [0, 0.05) is 29.3 Å². The van der Waals surface area contributed by atoms with Crippen LogP contribution in [0.2, 0.25) is 5.02 Å². The summed E-state index contributed by atoms with van der Waals surface area (Å²) in [5, 5.41) is 0.685. The van der Waals surface area contributed by atoms with E-state index in [1.54, 1.807) is 0 Å². The molecular formula is C30H42ClN3O. The van der Waals surface area contributed by atoms with Crippen molar-refractivity contribution >= 4 is 23.3 Å². The largest absolute Gasteiger partial charge is 0.325 e. The van der Waals surface area contributed by atoms with Crippen molar-refractivity contribution in [3.8, 4) is 0 Å². The van der Waals surface area contributed by atoms with E-state index in [-0.39, 0.29) is 6.03 Å². The number of hydrogen-bond donors (Lipinski definition) is 0. The van der Waals surface area contributed by atoms with E-state index in [2.05, 4.69) is 47.9 Å². The quantitative estimate of drug-likeness (QED) is 0.346. The van der Waals surface area contributed by atoms with Crippen molar-refractivity contribution in [2.45, 2.75) is 96.7 Å². The molecule has 0 atom stereocenters. The summed E-state index contributed by atoms with van der Waals surface area (Å²) in [5.74, 6) is 0. The summed E-state index contributed by atoms with van der Waals surface area (Å²) in [6.07, 6.45) is 13.1. The molecule has 0 aliphatic heterocycles. The minimum atomic E-state index is 0.0759. The predicted octanol–water partition coefficient (Wildman–Crippen LogP) is 8.02. The van der Waals surface area contributed by atoms with Gasteiger partial charge in [-0.05, 0) is 69.4 Å². The number of urea groups is 1. The van der Waals surface area contributed by atoms with E-state index >= 15 is 0 Å². The Balaban J connectivity index is 1.58. The first kappa shape index (κ1) is 26.0. The molecule has 2 aliphatic rings. The molecule has 0 spiro atoms. The highest BCUT2D eigenvalue weighted by Crippen LogP contribution is 2.31. The van der Waals surface area contributed by atoms with Crippen LogP contribution in [0, 0.1) is 6.92 Å². The third-order valence-corrected chi connectivity index (χ3v) is 8.16. The first-order valence-electron chi connectivity index (χ1n) is 13.7. The number of rotatable bonds is 8. The first-order valence-corrected chi connectivity index (χ1v) is 14.1. The molecule has 2 fully saturated rings. The Morgan fingerprint density at radius 1 is 0.829 bits per heavy atom. The maximum absolute atomic E-state index is 14.1. The fourth-order valence-electron chi connectivity index (χ4n) is 5.78. The summed E-state index contributed by atoms with van der Waals surface area (Å²) in [6.45, 7) is 6.18. The van der Waals surface area contributed by atoms with Crippen LogP contribution < -0.4 is 4.90 Å². The summed E-state index contributed by atoms with van der Waals surface area (Å²) >= 11 is 6.18. The SMILES string of the molecule is CCN(CN(C1CCCCC1)C1CCCCC1)C(=O)N(Cc1ccc(C)cc1)c1ccc(Cl)cc1. The molecule has 35 heavy (non-hydrogen) atoms. The molecule has 190 valence electrons. The minimum absolute atomic E-state index is 0.0759. The standard InChI is InChI=1S/C30H42ClN3O/c1-3-32(23-34(27-10-6-4-7-11-27)28-12-8-5-9-13-28)30(35)33(29-20-18-26(31)19-21-29)22-25-16-14-24(2)15-17-25/h14-21,27-28H,3-13,22-23H2,1-2H3. The lowest BCUT2D eigenvalue weighted by Crippen LogP contribution is -2.54. The highest BCUT2D eigenvalue weighted by Gasteiger charge is 2.32. The van der Waals surface area contributed by atoms with Crippen LogP contribution in [-0.2, 0) is 6.54 Å². The van der Waals surface area contributed by atoms with E-state index in [0.717, 1.165) is 17.9 Å². The molecule has 2 aromatic carbocycles. The van der Waals surface area contributed by atoms with E-state index in [1.165, 1.54) is 69.8 Å². The van der Waals surface area contributed by atoms with Gasteiger partial charge in [-0.2, -0.15) is 0 Å². The predicted molar refractivity (Wildman–Crippen MR) is 147 cm³/mol. The fourth-order valence-corrected chi connectivity index (χ4v) is 5.91. The van der Waals surface area contributed by atoms with Crippen LogP contribution in [0.1, 0.15) is 82.3 Å². The summed E-state index contributed by atoms with van der Waals surface area (Å²) in [4.78, 5) is 20.8. The molecule has 4 nitrogen and oxygen atoms in total. The number of carbonyl (C=O) groups is 1. The van der Waals surface area contributed by atoms with Crippen LogP contribution in [0.15, 0.2) is 48.5 Å². The van der Waals surface area contributed by atoms with Crippen molar-refractivity contribution < 1.29 is 4.79 Å². The van der Waals surface area contributed by atoms with E-state index in [9.17, 15) is 4.79 Å². The van der Waals surface area contributed by atoms with Crippen molar-refractivity contribution in [2.75, 3.05) is 18.1 Å². The lowest BCUT2D eigenvalue weighted by molar-refractivity contribution is 0.0377. The zero-order chi connectivity index (χ0) is 24.6. The first-order chi connectivity index (χ1) is 17.0. The Kier molecular flexibility index (Phi) is 9.51. The average Bonchev–Trinajstić information content (AvgIpc) is 2.90. The molecule has 0 saturated heterocycles. The van der Waals surface area contributed by atoms with E-state index in [1.807, 2.05) is 29.2 Å². The van der Waals surface area contributed by atoms with E-state index in [0.29, 0.717) is 30.2 Å². The minimum Gasteiger partial charge on any atom is -0.312 e. The highest BCUT2D eigenvalue weighted by molar-refractivity contribution is 6.30. The smallest absolute Gasteiger partial charge is 0.312 e. The molecule has 0 unspecified atom stereocenters. The molecule has 0 bridgehead atoms. The number of hydrogen-bond acceptors (Lipinski definition) is 2. The molecule has 0 radical (unpaired) electrons. The van der Waals surface area contributed by atoms with E-state index in [4.69, 9.17) is 11.6 Å². The number of carbonyl (C=O) groups excluding carboxylic acids is 1. The van der Waals surface area contributed by atoms with Crippen LogP contribution in [-0.4, -0.2) is 41.1 Å². The third-order valence-electron chi connectivity index (χ3n) is 7.90. The van der Waals surface area contributed by atoms with Crippen molar-refractivity contribution in [3.63, 3.8) is 0 Å². The summed E-state index contributed by atoms with van der Waals surface area (Å²) in [5.41, 5.74) is 3.25. The van der Waals surface area contributed by atoms with Gasteiger partial charge in [-0.3, -0.25) is 9.80 Å². The number of anilines is 1. The normalized spacial score (nSPS) is 17.5. The monoisotopic (exact) mass is 495 g/mol. The fraction of sp³-hybridized carbons (Fsp3) is 0.567. The van der Waals surface area contributed by atoms with Crippen LogP contribution >= 0.6 is 11.6 Å². The summed E-state index contributed by atoms with van der Waals surface area (Å²) < 4.78 is 0. The third kappa shape index (κ3) is 7.01. The second kappa shape index (κ2) is 12.8. The highest BCUT2D eigenvalue weighted by atomic mass is 35.5. The topological polar surface area (TPSA) is 26.8 Å². The van der Waals surface area contributed by atoms with Gasteiger partial charge in [-0.25, -0.2) is 4.79 Å². The van der Waals surface area contributed by atoms with Crippen molar-refractivity contribution in [1.29, 1.82) is 0 Å². The molecular weight excluding hydrogens is 454 g/mol. The molecule has 0 aromatic heterocycles. The Bertz CT molecular complexity index is 900. The molecule has 2 aliphatic carbocycles. The van der Waals surface area contributed by atoms with Gasteiger partial charge < -0.3 is 4.90 Å². The van der Waals surface area contributed by atoms with Gasteiger partial charge >= 0.3 is 6.03 Å². The summed E-state index contributed by atoms with van der Waals surface area (Å²) in [6, 6.07) is 17.4. The maximum Gasteiger partial charge on any atom is 0.325 e. The molecule has 0 heterocycles. The zero-order valence-corrected chi connectivity index (χ0v) is 22.3. The number of amides is 2. The molecule has 2 amide bonds. The number of nitrogens with zero attached hydrogens (tertiary/aromatic N) is 3. The van der Waals surface area contributed by atoms with Gasteiger partial charge in [0.15, 0.2) is 0 Å². The van der Waals surface area contributed by atoms with Gasteiger partial charge in [-0.15, -0.1) is 0 Å². The van der Waals surface area contributed by atoms with Crippen LogP contribution in [0.25, 0.3) is 0 Å². The number of halogens is 1. The van der Waals surface area contributed by atoms with Gasteiger partial charge in [-0.1, -0.05) is 80.0 Å². The Morgan fingerprint density at radius 3 is 1.89 bits per heavy atom. The van der Waals surface area contributed by atoms with Gasteiger partial charge in [0.25, 0.3) is 0 Å². The Hall–Kier alpha value is -2.04. The molecule has 5 heteroatoms. The molecule has 2 aromatic rings. The van der Waals surface area contributed by atoms with E-state index < -0.39 is 0 Å². The second-order valence-corrected chi connectivity index (χ2v) is 10.9. The van der Waals surface area contributed by atoms with Crippen molar-refractivity contribution in [3.05, 3.63) is 64.7 Å². The van der Waals surface area contributed by atoms with Gasteiger partial charge in [0.2, 0.25) is 0 Å². The van der Waals surface area contributed by atoms with Gasteiger partial charge in [0.1, 0.15) is 0 Å². The zero-order valence-electron chi connectivity index (χ0n) is 21.6. The Labute approximate surface area is 217 Å². The van der Waals surface area contributed by atoms with Crippen molar-refractivity contribution in [1.82, 2.24) is 9.80 Å². The maximum atomic E-state index is 14.1.